The molecule has 0 saturated carbocycles. The first-order valence-electron chi connectivity index (χ1n) is 4.97. The Morgan fingerprint density at radius 2 is 1.82 bits per heavy atom. The fraction of sp³-hybridized carbons (Fsp3) is 0.0769. The molecule has 0 spiro atoms. The zero-order chi connectivity index (χ0) is 12.3. The summed E-state index contributed by atoms with van der Waals surface area (Å²) in [6, 6.07) is 11.7. The van der Waals surface area contributed by atoms with Crippen molar-refractivity contribution in [2.24, 2.45) is 0 Å². The molecule has 0 fully saturated rings. The largest absolute Gasteiger partial charge is 0.488 e. The highest BCUT2D eigenvalue weighted by molar-refractivity contribution is 9.10. The molecule has 0 aliphatic rings. The second-order valence-electron chi connectivity index (χ2n) is 3.49. The molecule has 17 heavy (non-hydrogen) atoms. The summed E-state index contributed by atoms with van der Waals surface area (Å²) in [6.45, 7) is 0.374. The Bertz CT molecular complexity index is 513. The maximum absolute atomic E-state index is 13.0. The lowest BCUT2D eigenvalue weighted by Gasteiger charge is -2.08. The van der Waals surface area contributed by atoms with Gasteiger partial charge in [-0.05, 0) is 45.8 Å². The van der Waals surface area contributed by atoms with Crippen LogP contribution in [-0.4, -0.2) is 0 Å². The average Bonchev–Trinajstić information content (AvgIpc) is 2.32. The van der Waals surface area contributed by atoms with Crippen molar-refractivity contribution in [3.63, 3.8) is 0 Å². The monoisotopic (exact) mass is 314 g/mol. The minimum absolute atomic E-state index is 0.320. The van der Waals surface area contributed by atoms with Crippen molar-refractivity contribution in [3.05, 3.63) is 63.3 Å². The van der Waals surface area contributed by atoms with E-state index in [1.165, 1.54) is 12.1 Å². The molecule has 2 aromatic rings. The number of ether oxygens (including phenoxy) is 1. The third kappa shape index (κ3) is 3.45. The second-order valence-corrected chi connectivity index (χ2v) is 4.78. The van der Waals surface area contributed by atoms with Gasteiger partial charge in [-0.2, -0.15) is 0 Å². The number of rotatable bonds is 3. The summed E-state index contributed by atoms with van der Waals surface area (Å²) in [5, 5.41) is 0.681. The Kier molecular flexibility index (Phi) is 4.02. The molecule has 0 radical (unpaired) electrons. The van der Waals surface area contributed by atoms with Gasteiger partial charge in [-0.25, -0.2) is 4.39 Å². The Labute approximate surface area is 112 Å². The first-order valence-corrected chi connectivity index (χ1v) is 6.14. The molecule has 0 aromatic heterocycles. The van der Waals surface area contributed by atoms with E-state index in [-0.39, 0.29) is 5.82 Å². The minimum Gasteiger partial charge on any atom is -0.488 e. The summed E-state index contributed by atoms with van der Waals surface area (Å²) in [4.78, 5) is 0. The van der Waals surface area contributed by atoms with Gasteiger partial charge in [-0.1, -0.05) is 23.7 Å². The van der Waals surface area contributed by atoms with Crippen molar-refractivity contribution in [2.45, 2.75) is 6.61 Å². The fourth-order valence-electron chi connectivity index (χ4n) is 1.33. The molecule has 4 heteroatoms. The van der Waals surface area contributed by atoms with Crippen LogP contribution in [0.15, 0.2) is 46.9 Å². The van der Waals surface area contributed by atoms with Crippen LogP contribution < -0.4 is 4.74 Å². The van der Waals surface area contributed by atoms with E-state index >= 15 is 0 Å². The van der Waals surface area contributed by atoms with E-state index < -0.39 is 0 Å². The normalized spacial score (nSPS) is 10.3. The molecule has 0 saturated heterocycles. The van der Waals surface area contributed by atoms with E-state index in [9.17, 15) is 4.39 Å². The SMILES string of the molecule is Fc1ccc(Br)c(OCc2ccc(Cl)cc2)c1. The third-order valence-electron chi connectivity index (χ3n) is 2.20. The highest BCUT2D eigenvalue weighted by Gasteiger charge is 2.03. The highest BCUT2D eigenvalue weighted by Crippen LogP contribution is 2.26. The number of halogens is 3. The van der Waals surface area contributed by atoms with E-state index in [1.54, 1.807) is 18.2 Å². The van der Waals surface area contributed by atoms with E-state index in [0.717, 1.165) is 10.0 Å². The number of benzene rings is 2. The molecule has 0 bridgehead atoms. The highest BCUT2D eigenvalue weighted by atomic mass is 79.9. The van der Waals surface area contributed by atoms with Gasteiger partial charge in [0, 0.05) is 11.1 Å². The quantitative estimate of drug-likeness (QED) is 0.789. The zero-order valence-corrected chi connectivity index (χ0v) is 11.1. The van der Waals surface area contributed by atoms with Crippen LogP contribution in [0.4, 0.5) is 4.39 Å². The maximum atomic E-state index is 13.0. The molecule has 0 N–H and O–H groups in total. The van der Waals surface area contributed by atoms with Crippen LogP contribution in [0.3, 0.4) is 0 Å². The van der Waals surface area contributed by atoms with Crippen molar-refractivity contribution in [3.8, 4) is 5.75 Å². The average molecular weight is 316 g/mol. The predicted molar refractivity (Wildman–Crippen MR) is 69.9 cm³/mol. The minimum atomic E-state index is -0.320. The molecule has 88 valence electrons. The maximum Gasteiger partial charge on any atom is 0.136 e. The Balaban J connectivity index is 2.07. The van der Waals surface area contributed by atoms with Gasteiger partial charge in [0.2, 0.25) is 0 Å². The lowest BCUT2D eigenvalue weighted by atomic mass is 10.2. The Hall–Kier alpha value is -1.06. The molecule has 0 amide bonds. The molecule has 2 aromatic carbocycles. The molecule has 1 nitrogen and oxygen atoms in total. The Morgan fingerprint density at radius 1 is 1.12 bits per heavy atom. The lowest BCUT2D eigenvalue weighted by molar-refractivity contribution is 0.302. The van der Waals surface area contributed by atoms with E-state index in [0.29, 0.717) is 17.4 Å². The van der Waals surface area contributed by atoms with Crippen LogP contribution >= 0.6 is 27.5 Å². The molecule has 0 aliphatic heterocycles. The van der Waals surface area contributed by atoms with Gasteiger partial charge in [-0.15, -0.1) is 0 Å². The van der Waals surface area contributed by atoms with Gasteiger partial charge in [0.1, 0.15) is 18.2 Å². The molecule has 0 atom stereocenters. The van der Waals surface area contributed by atoms with Crippen LogP contribution in [0.2, 0.25) is 5.02 Å². The summed E-state index contributed by atoms with van der Waals surface area (Å²) in [7, 11) is 0. The smallest absolute Gasteiger partial charge is 0.136 e. The molecular weight excluding hydrogens is 306 g/mol. The van der Waals surface area contributed by atoms with E-state index in [4.69, 9.17) is 16.3 Å². The third-order valence-corrected chi connectivity index (χ3v) is 3.11. The van der Waals surface area contributed by atoms with Gasteiger partial charge in [0.15, 0.2) is 0 Å². The molecule has 0 unspecified atom stereocenters. The summed E-state index contributed by atoms with van der Waals surface area (Å²) < 4.78 is 19.3. The van der Waals surface area contributed by atoms with E-state index in [1.807, 2.05) is 12.1 Å². The van der Waals surface area contributed by atoms with Crippen LogP contribution in [0, 0.1) is 5.82 Å². The van der Waals surface area contributed by atoms with Crippen LogP contribution in [0.1, 0.15) is 5.56 Å². The van der Waals surface area contributed by atoms with Crippen LogP contribution in [0.25, 0.3) is 0 Å². The number of hydrogen-bond acceptors (Lipinski definition) is 1. The van der Waals surface area contributed by atoms with Crippen molar-refractivity contribution >= 4 is 27.5 Å². The first kappa shape index (κ1) is 12.4. The molecule has 0 heterocycles. The zero-order valence-electron chi connectivity index (χ0n) is 8.79. The Morgan fingerprint density at radius 3 is 2.53 bits per heavy atom. The van der Waals surface area contributed by atoms with Crippen molar-refractivity contribution in [1.29, 1.82) is 0 Å². The first-order chi connectivity index (χ1) is 8.15. The second kappa shape index (κ2) is 5.52. The number of hydrogen-bond donors (Lipinski definition) is 0. The standard InChI is InChI=1S/C13H9BrClFO/c14-12-6-5-11(16)7-13(12)17-8-9-1-3-10(15)4-2-9/h1-7H,8H2. The van der Waals surface area contributed by atoms with Crippen LogP contribution in [-0.2, 0) is 6.61 Å². The van der Waals surface area contributed by atoms with Gasteiger partial charge < -0.3 is 4.74 Å². The van der Waals surface area contributed by atoms with Crippen molar-refractivity contribution in [2.75, 3.05) is 0 Å². The van der Waals surface area contributed by atoms with Gasteiger partial charge >= 0.3 is 0 Å². The van der Waals surface area contributed by atoms with Gasteiger partial charge in [0.25, 0.3) is 0 Å². The van der Waals surface area contributed by atoms with Crippen molar-refractivity contribution < 1.29 is 9.13 Å². The summed E-state index contributed by atoms with van der Waals surface area (Å²) in [5.74, 6) is 0.166. The van der Waals surface area contributed by atoms with Gasteiger partial charge in [-0.3, -0.25) is 0 Å². The lowest BCUT2D eigenvalue weighted by Crippen LogP contribution is -1.96. The summed E-state index contributed by atoms with van der Waals surface area (Å²) in [5.41, 5.74) is 0.977. The topological polar surface area (TPSA) is 9.23 Å². The molecular formula is C13H9BrClFO. The van der Waals surface area contributed by atoms with Crippen LogP contribution in [0.5, 0.6) is 5.75 Å². The predicted octanol–water partition coefficient (Wildman–Crippen LogP) is 4.82. The summed E-state index contributed by atoms with van der Waals surface area (Å²) in [6.07, 6.45) is 0. The van der Waals surface area contributed by atoms with Gasteiger partial charge in [0.05, 0.1) is 4.47 Å². The van der Waals surface area contributed by atoms with E-state index in [2.05, 4.69) is 15.9 Å². The summed E-state index contributed by atoms with van der Waals surface area (Å²) >= 11 is 9.08. The molecule has 0 aliphatic carbocycles. The molecule has 2 rings (SSSR count). The van der Waals surface area contributed by atoms with Crippen molar-refractivity contribution in [1.82, 2.24) is 0 Å². The fourth-order valence-corrected chi connectivity index (χ4v) is 1.82.